The normalized spacial score (nSPS) is 12.1. The maximum Gasteiger partial charge on any atom is 0.416 e. The number of rotatable bonds is 7. The molecule has 0 unspecified atom stereocenters. The van der Waals surface area contributed by atoms with Crippen molar-refractivity contribution in [3.63, 3.8) is 0 Å². The van der Waals surface area contributed by atoms with Crippen LogP contribution in [0.15, 0.2) is 30.3 Å². The first kappa shape index (κ1) is 18.5. The Kier molecular flexibility index (Phi) is 6.42. The molecular formula is C18H29NO3. The zero-order chi connectivity index (χ0) is 16.8. The smallest absolute Gasteiger partial charge is 0.416 e. The van der Waals surface area contributed by atoms with E-state index in [0.29, 0.717) is 0 Å². The van der Waals surface area contributed by atoms with Crippen molar-refractivity contribution >= 4 is 11.8 Å². The molecule has 0 aliphatic rings. The Hall–Kier alpha value is -1.55. The molecule has 1 aromatic carbocycles. The van der Waals surface area contributed by atoms with Gasteiger partial charge in [0.1, 0.15) is 12.3 Å². The van der Waals surface area contributed by atoms with Gasteiger partial charge in [0.15, 0.2) is 0 Å². The molecule has 0 spiro atoms. The van der Waals surface area contributed by atoms with Gasteiger partial charge in [-0.05, 0) is 52.7 Å². The van der Waals surface area contributed by atoms with Crippen molar-refractivity contribution < 1.29 is 14.3 Å². The Morgan fingerprint density at radius 3 is 2.05 bits per heavy atom. The number of hydrogen-bond donors (Lipinski definition) is 0. The molecular weight excluding hydrogens is 278 g/mol. The van der Waals surface area contributed by atoms with Crippen LogP contribution >= 0.6 is 0 Å². The SMILES string of the molecule is CCC(C)(C)OCN(C(=O)OC(C)(C)CC)c1ccccc1. The van der Waals surface area contributed by atoms with E-state index in [1.807, 2.05) is 65.0 Å². The molecule has 0 atom stereocenters. The summed E-state index contributed by atoms with van der Waals surface area (Å²) in [6.07, 6.45) is 1.23. The molecule has 0 saturated heterocycles. The van der Waals surface area contributed by atoms with Gasteiger partial charge in [0, 0.05) is 5.69 Å². The third-order valence-corrected chi connectivity index (χ3v) is 3.94. The van der Waals surface area contributed by atoms with E-state index in [4.69, 9.17) is 9.47 Å². The molecule has 0 aromatic heterocycles. The summed E-state index contributed by atoms with van der Waals surface area (Å²) in [5, 5.41) is 0. The molecule has 0 N–H and O–H groups in total. The van der Waals surface area contributed by atoms with E-state index in [1.165, 1.54) is 4.90 Å². The minimum Gasteiger partial charge on any atom is -0.443 e. The predicted molar refractivity (Wildman–Crippen MR) is 90.1 cm³/mol. The Bertz CT molecular complexity index is 468. The van der Waals surface area contributed by atoms with Gasteiger partial charge in [-0.2, -0.15) is 0 Å². The second-order valence-corrected chi connectivity index (χ2v) is 6.63. The number of hydrogen-bond acceptors (Lipinski definition) is 3. The van der Waals surface area contributed by atoms with Crippen molar-refractivity contribution in [1.29, 1.82) is 0 Å². The lowest BCUT2D eigenvalue weighted by molar-refractivity contribution is -0.0239. The molecule has 4 heteroatoms. The number of nitrogens with zero attached hydrogens (tertiary/aromatic N) is 1. The van der Waals surface area contributed by atoms with Gasteiger partial charge < -0.3 is 9.47 Å². The zero-order valence-corrected chi connectivity index (χ0v) is 14.7. The fraction of sp³-hybridized carbons (Fsp3) is 0.611. The average Bonchev–Trinajstić information content (AvgIpc) is 2.48. The molecule has 1 amide bonds. The summed E-state index contributed by atoms with van der Waals surface area (Å²) in [4.78, 5) is 14.1. The summed E-state index contributed by atoms with van der Waals surface area (Å²) in [6.45, 7) is 12.1. The van der Waals surface area contributed by atoms with Crippen molar-refractivity contribution in [2.45, 2.75) is 65.6 Å². The molecule has 1 rings (SSSR count). The van der Waals surface area contributed by atoms with Gasteiger partial charge >= 0.3 is 6.09 Å². The van der Waals surface area contributed by atoms with Crippen LogP contribution in [0, 0.1) is 0 Å². The predicted octanol–water partition coefficient (Wildman–Crippen LogP) is 4.98. The van der Waals surface area contributed by atoms with E-state index in [9.17, 15) is 4.79 Å². The van der Waals surface area contributed by atoms with E-state index in [1.54, 1.807) is 0 Å². The molecule has 0 aliphatic heterocycles. The lowest BCUT2D eigenvalue weighted by Gasteiger charge is -2.32. The number of carbonyl (C=O) groups excluding carboxylic acids is 1. The maximum absolute atomic E-state index is 12.5. The van der Waals surface area contributed by atoms with Gasteiger partial charge in [0.25, 0.3) is 0 Å². The minimum atomic E-state index is -0.496. The van der Waals surface area contributed by atoms with Crippen molar-refractivity contribution in [3.8, 4) is 0 Å². The van der Waals surface area contributed by atoms with Gasteiger partial charge in [-0.3, -0.25) is 4.90 Å². The summed E-state index contributed by atoms with van der Waals surface area (Å²) in [7, 11) is 0. The highest BCUT2D eigenvalue weighted by Gasteiger charge is 2.27. The van der Waals surface area contributed by atoms with E-state index in [-0.39, 0.29) is 18.4 Å². The van der Waals surface area contributed by atoms with Gasteiger partial charge in [-0.15, -0.1) is 0 Å². The van der Waals surface area contributed by atoms with E-state index in [2.05, 4.69) is 6.92 Å². The third kappa shape index (κ3) is 5.68. The fourth-order valence-corrected chi connectivity index (χ4v) is 1.55. The van der Waals surface area contributed by atoms with Crippen molar-refractivity contribution in [2.75, 3.05) is 11.6 Å². The highest BCUT2D eigenvalue weighted by atomic mass is 16.6. The van der Waals surface area contributed by atoms with Crippen molar-refractivity contribution in [3.05, 3.63) is 30.3 Å². The number of amides is 1. The van der Waals surface area contributed by atoms with Crippen LogP contribution in [0.1, 0.15) is 54.4 Å². The minimum absolute atomic E-state index is 0.170. The summed E-state index contributed by atoms with van der Waals surface area (Å²) in [5.74, 6) is 0. The van der Waals surface area contributed by atoms with Gasteiger partial charge in [0.2, 0.25) is 0 Å². The molecule has 1 aromatic rings. The van der Waals surface area contributed by atoms with Crippen LogP contribution in [0.4, 0.5) is 10.5 Å². The van der Waals surface area contributed by atoms with Crippen LogP contribution in [0.3, 0.4) is 0 Å². The largest absolute Gasteiger partial charge is 0.443 e. The number of benzene rings is 1. The molecule has 0 heterocycles. The van der Waals surface area contributed by atoms with Crippen LogP contribution in [0.2, 0.25) is 0 Å². The monoisotopic (exact) mass is 307 g/mol. The Balaban J connectivity index is 2.90. The lowest BCUT2D eigenvalue weighted by Crippen LogP contribution is -2.41. The molecule has 4 nitrogen and oxygen atoms in total. The molecule has 124 valence electrons. The molecule has 0 fully saturated rings. The van der Waals surface area contributed by atoms with Gasteiger partial charge in [-0.1, -0.05) is 32.0 Å². The molecule has 0 aliphatic carbocycles. The van der Waals surface area contributed by atoms with Crippen LogP contribution in [0.5, 0.6) is 0 Å². The second kappa shape index (κ2) is 7.63. The van der Waals surface area contributed by atoms with E-state index >= 15 is 0 Å². The second-order valence-electron chi connectivity index (χ2n) is 6.63. The Labute approximate surface area is 134 Å². The average molecular weight is 307 g/mol. The van der Waals surface area contributed by atoms with Gasteiger partial charge in [-0.25, -0.2) is 4.79 Å². The topological polar surface area (TPSA) is 38.8 Å². The number of anilines is 1. The maximum atomic E-state index is 12.5. The Morgan fingerprint density at radius 2 is 1.55 bits per heavy atom. The summed E-state index contributed by atoms with van der Waals surface area (Å²) >= 11 is 0. The fourth-order valence-electron chi connectivity index (χ4n) is 1.55. The number of para-hydroxylation sites is 1. The highest BCUT2D eigenvalue weighted by Crippen LogP contribution is 2.22. The zero-order valence-electron chi connectivity index (χ0n) is 14.7. The molecule has 22 heavy (non-hydrogen) atoms. The molecule has 0 bridgehead atoms. The number of ether oxygens (including phenoxy) is 2. The van der Waals surface area contributed by atoms with Crippen molar-refractivity contribution in [1.82, 2.24) is 0 Å². The summed E-state index contributed by atoms with van der Waals surface area (Å²) in [5.41, 5.74) is -0.0101. The molecule has 0 radical (unpaired) electrons. The van der Waals surface area contributed by atoms with Crippen LogP contribution in [-0.4, -0.2) is 24.0 Å². The first-order valence-electron chi connectivity index (χ1n) is 7.90. The van der Waals surface area contributed by atoms with Crippen LogP contribution < -0.4 is 4.90 Å². The lowest BCUT2D eigenvalue weighted by atomic mass is 10.1. The highest BCUT2D eigenvalue weighted by molar-refractivity contribution is 5.87. The first-order chi connectivity index (χ1) is 10.2. The third-order valence-electron chi connectivity index (χ3n) is 3.94. The van der Waals surface area contributed by atoms with Crippen LogP contribution in [-0.2, 0) is 9.47 Å². The van der Waals surface area contributed by atoms with Crippen molar-refractivity contribution in [2.24, 2.45) is 0 Å². The Morgan fingerprint density at radius 1 is 1.00 bits per heavy atom. The first-order valence-corrected chi connectivity index (χ1v) is 7.90. The van der Waals surface area contributed by atoms with Gasteiger partial charge in [0.05, 0.1) is 5.60 Å². The quantitative estimate of drug-likeness (QED) is 0.667. The van der Waals surface area contributed by atoms with Crippen LogP contribution in [0.25, 0.3) is 0 Å². The summed E-state index contributed by atoms with van der Waals surface area (Å²) in [6, 6.07) is 9.46. The standard InChI is InChI=1S/C18H29NO3/c1-7-17(3,4)21-14-19(15-12-10-9-11-13-15)16(20)22-18(5,6)8-2/h9-13H,7-8,14H2,1-6H3. The molecule has 0 saturated carbocycles. The van der Waals surface area contributed by atoms with E-state index in [0.717, 1.165) is 18.5 Å². The van der Waals surface area contributed by atoms with E-state index < -0.39 is 5.60 Å². The number of carbonyl (C=O) groups is 1. The summed E-state index contributed by atoms with van der Waals surface area (Å²) < 4.78 is 11.5.